The molecule has 1 fully saturated rings. The molecule has 1 aliphatic rings. The molecule has 0 saturated carbocycles. The molecule has 1 aromatic heterocycles. The molecule has 0 spiro atoms. The summed E-state index contributed by atoms with van der Waals surface area (Å²) in [6.45, 7) is 2.94. The third-order valence-corrected chi connectivity index (χ3v) is 4.32. The number of para-hydroxylation sites is 1. The molecule has 1 unspecified atom stereocenters. The Morgan fingerprint density at radius 1 is 1.38 bits per heavy atom. The lowest BCUT2D eigenvalue weighted by Crippen LogP contribution is -2.31. The maximum absolute atomic E-state index is 13.8. The van der Waals surface area contributed by atoms with E-state index in [0.29, 0.717) is 31.1 Å². The Morgan fingerprint density at radius 3 is 3.04 bits per heavy atom. The van der Waals surface area contributed by atoms with Crippen LogP contribution in [0.1, 0.15) is 19.3 Å². The van der Waals surface area contributed by atoms with Gasteiger partial charge in [0.1, 0.15) is 18.5 Å². The minimum absolute atomic E-state index is 0.0551. The maximum Gasteiger partial charge on any atom is 0.220 e. The van der Waals surface area contributed by atoms with Crippen molar-refractivity contribution in [2.75, 3.05) is 24.5 Å². The van der Waals surface area contributed by atoms with E-state index in [0.717, 1.165) is 25.9 Å². The second kappa shape index (κ2) is 7.90. The summed E-state index contributed by atoms with van der Waals surface area (Å²) in [5.74, 6) is 0.235. The smallest absolute Gasteiger partial charge is 0.220 e. The van der Waals surface area contributed by atoms with Gasteiger partial charge in [0.25, 0.3) is 0 Å². The number of nitrogens with zero attached hydrogens (tertiary/aromatic N) is 4. The molecule has 128 valence electrons. The van der Waals surface area contributed by atoms with Crippen molar-refractivity contribution in [3.8, 4) is 0 Å². The van der Waals surface area contributed by atoms with Crippen LogP contribution < -0.4 is 10.2 Å². The van der Waals surface area contributed by atoms with Gasteiger partial charge < -0.3 is 10.2 Å². The van der Waals surface area contributed by atoms with E-state index in [1.54, 1.807) is 23.1 Å². The first-order valence-corrected chi connectivity index (χ1v) is 8.31. The number of anilines is 1. The molecule has 1 amide bonds. The zero-order valence-corrected chi connectivity index (χ0v) is 13.6. The lowest BCUT2D eigenvalue weighted by Gasteiger charge is -2.19. The van der Waals surface area contributed by atoms with Crippen molar-refractivity contribution >= 4 is 11.6 Å². The van der Waals surface area contributed by atoms with Crippen LogP contribution in [0.2, 0.25) is 0 Å². The first-order chi connectivity index (χ1) is 11.7. The van der Waals surface area contributed by atoms with Gasteiger partial charge in [-0.05, 0) is 30.9 Å². The van der Waals surface area contributed by atoms with Gasteiger partial charge in [0.2, 0.25) is 5.91 Å². The quantitative estimate of drug-likeness (QED) is 0.841. The zero-order chi connectivity index (χ0) is 16.8. The van der Waals surface area contributed by atoms with Crippen LogP contribution in [0.5, 0.6) is 0 Å². The lowest BCUT2D eigenvalue weighted by molar-refractivity contribution is -0.121. The summed E-state index contributed by atoms with van der Waals surface area (Å²) in [5, 5.41) is 6.99. The van der Waals surface area contributed by atoms with E-state index in [2.05, 4.69) is 20.3 Å². The van der Waals surface area contributed by atoms with Crippen LogP contribution in [0.3, 0.4) is 0 Å². The summed E-state index contributed by atoms with van der Waals surface area (Å²) in [6, 6.07) is 6.84. The Bertz CT molecular complexity index is 661. The molecule has 3 rings (SSSR count). The average Bonchev–Trinajstić information content (AvgIpc) is 3.25. The highest BCUT2D eigenvalue weighted by Gasteiger charge is 2.24. The molecule has 7 heteroatoms. The molecule has 0 aliphatic carbocycles. The van der Waals surface area contributed by atoms with Crippen LogP contribution >= 0.6 is 0 Å². The summed E-state index contributed by atoms with van der Waals surface area (Å²) in [5.41, 5.74) is 0.652. The fourth-order valence-corrected chi connectivity index (χ4v) is 3.02. The average molecular weight is 331 g/mol. The SMILES string of the molecule is O=C(CCCn1cncn1)NCC1CCN(c2ccccc2F)C1. The molecule has 24 heavy (non-hydrogen) atoms. The number of aromatic nitrogens is 3. The minimum Gasteiger partial charge on any atom is -0.369 e. The summed E-state index contributed by atoms with van der Waals surface area (Å²) >= 11 is 0. The number of carbonyl (C=O) groups is 1. The summed E-state index contributed by atoms with van der Waals surface area (Å²) in [7, 11) is 0. The Kier molecular flexibility index (Phi) is 5.40. The van der Waals surface area contributed by atoms with E-state index >= 15 is 0 Å². The second-order valence-electron chi connectivity index (χ2n) is 6.12. The van der Waals surface area contributed by atoms with E-state index in [1.165, 1.54) is 12.4 Å². The molecule has 1 atom stereocenters. The van der Waals surface area contributed by atoms with Crippen molar-refractivity contribution in [3.63, 3.8) is 0 Å². The number of nitrogens with one attached hydrogen (secondary N) is 1. The van der Waals surface area contributed by atoms with Crippen molar-refractivity contribution in [1.29, 1.82) is 0 Å². The molecule has 1 N–H and O–H groups in total. The highest BCUT2D eigenvalue weighted by atomic mass is 19.1. The molecule has 2 heterocycles. The van der Waals surface area contributed by atoms with Gasteiger partial charge in [0.05, 0.1) is 5.69 Å². The van der Waals surface area contributed by atoms with Crippen LogP contribution in [0.15, 0.2) is 36.9 Å². The van der Waals surface area contributed by atoms with Gasteiger partial charge in [-0.2, -0.15) is 5.10 Å². The molecule has 6 nitrogen and oxygen atoms in total. The first kappa shape index (κ1) is 16.4. The lowest BCUT2D eigenvalue weighted by atomic mass is 10.1. The number of carbonyl (C=O) groups excluding carboxylic acids is 1. The molecule has 1 saturated heterocycles. The largest absolute Gasteiger partial charge is 0.369 e. The normalized spacial score (nSPS) is 17.2. The van der Waals surface area contributed by atoms with Gasteiger partial charge in [0, 0.05) is 32.6 Å². The topological polar surface area (TPSA) is 63.1 Å². The molecule has 1 aliphatic heterocycles. The van der Waals surface area contributed by atoms with Crippen LogP contribution in [-0.4, -0.2) is 40.3 Å². The van der Waals surface area contributed by atoms with Crippen LogP contribution in [0.4, 0.5) is 10.1 Å². The molecule has 0 bridgehead atoms. The Morgan fingerprint density at radius 2 is 2.25 bits per heavy atom. The number of halogens is 1. The number of rotatable bonds is 7. The highest BCUT2D eigenvalue weighted by Crippen LogP contribution is 2.25. The monoisotopic (exact) mass is 331 g/mol. The molecular weight excluding hydrogens is 309 g/mol. The number of amides is 1. The third kappa shape index (κ3) is 4.31. The van der Waals surface area contributed by atoms with Crippen molar-refractivity contribution in [2.45, 2.75) is 25.8 Å². The zero-order valence-electron chi connectivity index (χ0n) is 13.6. The van der Waals surface area contributed by atoms with Gasteiger partial charge in [0.15, 0.2) is 0 Å². The van der Waals surface area contributed by atoms with Crippen molar-refractivity contribution in [2.24, 2.45) is 5.92 Å². The van der Waals surface area contributed by atoms with Gasteiger partial charge >= 0.3 is 0 Å². The number of hydrogen-bond acceptors (Lipinski definition) is 4. The predicted octanol–water partition coefficient (Wildman–Crippen LogP) is 1.84. The molecule has 0 radical (unpaired) electrons. The third-order valence-electron chi connectivity index (χ3n) is 4.32. The van der Waals surface area contributed by atoms with E-state index in [-0.39, 0.29) is 11.7 Å². The van der Waals surface area contributed by atoms with Gasteiger partial charge in [-0.25, -0.2) is 9.37 Å². The second-order valence-corrected chi connectivity index (χ2v) is 6.12. The summed E-state index contributed by atoms with van der Waals surface area (Å²) in [6.07, 6.45) is 5.31. The van der Waals surface area contributed by atoms with Crippen LogP contribution in [-0.2, 0) is 11.3 Å². The summed E-state index contributed by atoms with van der Waals surface area (Å²) < 4.78 is 15.5. The Hall–Kier alpha value is -2.44. The molecule has 1 aromatic carbocycles. The number of aryl methyl sites for hydroxylation is 1. The van der Waals surface area contributed by atoms with Crippen LogP contribution in [0.25, 0.3) is 0 Å². The van der Waals surface area contributed by atoms with Crippen molar-refractivity contribution < 1.29 is 9.18 Å². The van der Waals surface area contributed by atoms with Crippen molar-refractivity contribution in [3.05, 3.63) is 42.7 Å². The van der Waals surface area contributed by atoms with E-state index in [4.69, 9.17) is 0 Å². The van der Waals surface area contributed by atoms with Gasteiger partial charge in [-0.15, -0.1) is 0 Å². The maximum atomic E-state index is 13.8. The number of hydrogen-bond donors (Lipinski definition) is 1. The van der Waals surface area contributed by atoms with Crippen LogP contribution in [0, 0.1) is 11.7 Å². The highest BCUT2D eigenvalue weighted by molar-refractivity contribution is 5.75. The standard InChI is InChI=1S/C17H22FN5O/c18-15-4-1-2-5-16(15)22-9-7-14(11-22)10-20-17(24)6-3-8-23-13-19-12-21-23/h1-2,4-5,12-14H,3,6-11H2,(H,20,24). The molecule has 2 aromatic rings. The van der Waals surface area contributed by atoms with Gasteiger partial charge in [-0.1, -0.05) is 12.1 Å². The fourth-order valence-electron chi connectivity index (χ4n) is 3.02. The molecular formula is C17H22FN5O. The Balaban J connectivity index is 1.36. The van der Waals surface area contributed by atoms with Crippen molar-refractivity contribution in [1.82, 2.24) is 20.1 Å². The minimum atomic E-state index is -0.185. The predicted molar refractivity (Wildman–Crippen MR) is 89.0 cm³/mol. The Labute approximate surface area is 140 Å². The van der Waals surface area contributed by atoms with E-state index < -0.39 is 0 Å². The summed E-state index contributed by atoms with van der Waals surface area (Å²) in [4.78, 5) is 17.8. The number of benzene rings is 1. The van der Waals surface area contributed by atoms with Gasteiger partial charge in [-0.3, -0.25) is 9.48 Å². The van der Waals surface area contributed by atoms with E-state index in [9.17, 15) is 9.18 Å². The van der Waals surface area contributed by atoms with E-state index in [1.807, 2.05) is 6.07 Å². The first-order valence-electron chi connectivity index (χ1n) is 8.31. The fraction of sp³-hybridized carbons (Fsp3) is 0.471.